The number of carbonyl (C=O) groups is 1. The normalized spacial score (nSPS) is 17.8. The van der Waals surface area contributed by atoms with Gasteiger partial charge >= 0.3 is 0 Å². The van der Waals surface area contributed by atoms with Crippen molar-refractivity contribution in [3.63, 3.8) is 0 Å². The van der Waals surface area contributed by atoms with Crippen LogP contribution in [0.25, 0.3) is 10.2 Å². The number of hydrogen-bond acceptors (Lipinski definition) is 5. The highest BCUT2D eigenvalue weighted by Gasteiger charge is 2.25. The van der Waals surface area contributed by atoms with Gasteiger partial charge in [-0.15, -0.1) is 11.3 Å². The van der Waals surface area contributed by atoms with Gasteiger partial charge in [-0.1, -0.05) is 30.3 Å². The lowest BCUT2D eigenvalue weighted by Gasteiger charge is -2.33. The first-order valence-corrected chi connectivity index (χ1v) is 8.97. The second-order valence-corrected chi connectivity index (χ2v) is 6.84. The zero-order chi connectivity index (χ0) is 17.2. The van der Waals surface area contributed by atoms with Crippen LogP contribution in [-0.4, -0.2) is 40.1 Å². The van der Waals surface area contributed by atoms with E-state index in [4.69, 9.17) is 4.74 Å². The first-order valence-electron chi connectivity index (χ1n) is 8.09. The molecule has 0 unspecified atom stereocenters. The number of carbonyl (C=O) groups excluding carboxylic acids is 1. The van der Waals surface area contributed by atoms with Gasteiger partial charge in [0, 0.05) is 6.54 Å². The average molecular weight is 355 g/mol. The maximum atomic E-state index is 12.7. The van der Waals surface area contributed by atoms with E-state index in [2.05, 4.69) is 4.98 Å². The van der Waals surface area contributed by atoms with Crippen molar-refractivity contribution < 1.29 is 9.53 Å². The van der Waals surface area contributed by atoms with Crippen LogP contribution < -0.4 is 5.56 Å². The van der Waals surface area contributed by atoms with Crippen LogP contribution in [-0.2, 0) is 16.1 Å². The van der Waals surface area contributed by atoms with E-state index in [0.29, 0.717) is 29.9 Å². The molecule has 1 fully saturated rings. The summed E-state index contributed by atoms with van der Waals surface area (Å²) in [5.41, 5.74) is 1.56. The molecule has 3 heterocycles. The second-order valence-electron chi connectivity index (χ2n) is 5.92. The molecule has 128 valence electrons. The monoisotopic (exact) mass is 355 g/mol. The zero-order valence-electron chi connectivity index (χ0n) is 13.5. The van der Waals surface area contributed by atoms with Gasteiger partial charge in [-0.25, -0.2) is 4.98 Å². The maximum Gasteiger partial charge on any atom is 0.271 e. The molecule has 3 aromatic rings. The summed E-state index contributed by atoms with van der Waals surface area (Å²) in [5.74, 6) is -0.0935. The van der Waals surface area contributed by atoms with Gasteiger partial charge in [-0.05, 0) is 17.0 Å². The molecule has 0 saturated carbocycles. The van der Waals surface area contributed by atoms with Gasteiger partial charge in [-0.3, -0.25) is 14.2 Å². The second kappa shape index (κ2) is 6.78. The van der Waals surface area contributed by atoms with Gasteiger partial charge < -0.3 is 9.64 Å². The van der Waals surface area contributed by atoms with E-state index in [0.717, 1.165) is 5.56 Å². The summed E-state index contributed by atoms with van der Waals surface area (Å²) in [5, 5.41) is 1.83. The van der Waals surface area contributed by atoms with E-state index in [9.17, 15) is 9.59 Å². The minimum atomic E-state index is -0.166. The lowest BCUT2D eigenvalue weighted by molar-refractivity contribution is -0.139. The number of thiophene rings is 1. The van der Waals surface area contributed by atoms with Gasteiger partial charge in [0.2, 0.25) is 5.91 Å². The van der Waals surface area contributed by atoms with Crippen molar-refractivity contribution in [3.05, 3.63) is 64.0 Å². The minimum Gasteiger partial charge on any atom is -0.370 e. The van der Waals surface area contributed by atoms with E-state index in [-0.39, 0.29) is 24.1 Å². The molecule has 0 spiro atoms. The van der Waals surface area contributed by atoms with Crippen molar-refractivity contribution in [2.75, 3.05) is 19.7 Å². The Morgan fingerprint density at radius 1 is 1.28 bits per heavy atom. The maximum absolute atomic E-state index is 12.7. The van der Waals surface area contributed by atoms with Crippen LogP contribution in [0.15, 0.2) is 52.9 Å². The third-order valence-corrected chi connectivity index (χ3v) is 5.22. The fourth-order valence-electron chi connectivity index (χ4n) is 2.98. The first kappa shape index (κ1) is 16.0. The van der Waals surface area contributed by atoms with Crippen LogP contribution in [0.3, 0.4) is 0 Å². The van der Waals surface area contributed by atoms with Crippen LogP contribution in [0, 0.1) is 0 Å². The summed E-state index contributed by atoms with van der Waals surface area (Å²) in [6, 6.07) is 11.7. The fourth-order valence-corrected chi connectivity index (χ4v) is 3.78. The van der Waals surface area contributed by atoms with Crippen molar-refractivity contribution >= 4 is 27.5 Å². The van der Waals surface area contributed by atoms with E-state index < -0.39 is 0 Å². The molecule has 0 N–H and O–H groups in total. The number of rotatable bonds is 3. The van der Waals surface area contributed by atoms with Crippen molar-refractivity contribution in [1.82, 2.24) is 14.5 Å². The molecule has 1 aliphatic heterocycles. The molecular weight excluding hydrogens is 338 g/mol. The van der Waals surface area contributed by atoms with Crippen molar-refractivity contribution in [1.29, 1.82) is 0 Å². The van der Waals surface area contributed by atoms with E-state index in [1.807, 2.05) is 35.7 Å². The summed E-state index contributed by atoms with van der Waals surface area (Å²) >= 11 is 1.35. The Morgan fingerprint density at radius 2 is 2.12 bits per heavy atom. The van der Waals surface area contributed by atoms with Gasteiger partial charge in [0.05, 0.1) is 25.0 Å². The first-order chi connectivity index (χ1) is 12.2. The Hall–Kier alpha value is -2.51. The van der Waals surface area contributed by atoms with Gasteiger partial charge in [0.25, 0.3) is 5.56 Å². The van der Waals surface area contributed by atoms with Crippen LogP contribution in [0.5, 0.6) is 0 Å². The molecule has 1 aromatic carbocycles. The van der Waals surface area contributed by atoms with Crippen LogP contribution in [0.1, 0.15) is 11.7 Å². The lowest BCUT2D eigenvalue weighted by atomic mass is 10.1. The third kappa shape index (κ3) is 3.20. The standard InChI is InChI=1S/C18H17N3O3S/c22-16(11-21-12-19-14-6-9-25-17(14)18(21)23)20-7-8-24-15(10-20)13-4-2-1-3-5-13/h1-6,9,12,15H,7-8,10-11H2/t15-/m1/s1. The molecule has 1 amide bonds. The Morgan fingerprint density at radius 3 is 2.96 bits per heavy atom. The van der Waals surface area contributed by atoms with Crippen LogP contribution in [0.4, 0.5) is 0 Å². The molecule has 6 nitrogen and oxygen atoms in total. The quantitative estimate of drug-likeness (QED) is 0.721. The molecule has 0 bridgehead atoms. The van der Waals surface area contributed by atoms with Gasteiger partial charge in [0.15, 0.2) is 0 Å². The lowest BCUT2D eigenvalue weighted by Crippen LogP contribution is -2.44. The van der Waals surface area contributed by atoms with Crippen molar-refractivity contribution in [2.24, 2.45) is 0 Å². The van der Waals surface area contributed by atoms with Gasteiger partial charge in [-0.2, -0.15) is 0 Å². The highest BCUT2D eigenvalue weighted by Crippen LogP contribution is 2.22. The predicted molar refractivity (Wildman–Crippen MR) is 95.6 cm³/mol. The molecule has 2 aromatic heterocycles. The van der Waals surface area contributed by atoms with Crippen molar-refractivity contribution in [3.8, 4) is 0 Å². The Kier molecular flexibility index (Phi) is 4.33. The number of fused-ring (bicyclic) bond motifs is 1. The molecule has 25 heavy (non-hydrogen) atoms. The molecule has 1 aliphatic rings. The highest BCUT2D eigenvalue weighted by atomic mass is 32.1. The summed E-state index contributed by atoms with van der Waals surface area (Å²) in [6.45, 7) is 1.52. The largest absolute Gasteiger partial charge is 0.370 e. The predicted octanol–water partition coefficient (Wildman–Crippen LogP) is 2.06. The highest BCUT2D eigenvalue weighted by molar-refractivity contribution is 7.17. The Bertz CT molecular complexity index is 951. The fraction of sp³-hybridized carbons (Fsp3) is 0.278. The summed E-state index contributed by atoms with van der Waals surface area (Å²) in [6.07, 6.45) is 1.32. The summed E-state index contributed by atoms with van der Waals surface area (Å²) < 4.78 is 7.76. The number of ether oxygens (including phenoxy) is 1. The third-order valence-electron chi connectivity index (χ3n) is 4.33. The Labute approximate surface area is 148 Å². The summed E-state index contributed by atoms with van der Waals surface area (Å²) in [7, 11) is 0. The molecular formula is C18H17N3O3S. The number of nitrogens with zero attached hydrogens (tertiary/aromatic N) is 3. The van der Waals surface area contributed by atoms with E-state index in [1.165, 1.54) is 22.2 Å². The summed E-state index contributed by atoms with van der Waals surface area (Å²) in [4.78, 5) is 31.1. The van der Waals surface area contributed by atoms with Gasteiger partial charge in [0.1, 0.15) is 17.3 Å². The van der Waals surface area contributed by atoms with Crippen LogP contribution in [0.2, 0.25) is 0 Å². The molecule has 0 aliphatic carbocycles. The van der Waals surface area contributed by atoms with Crippen molar-refractivity contribution in [2.45, 2.75) is 12.6 Å². The number of aromatic nitrogens is 2. The topological polar surface area (TPSA) is 64.4 Å². The Balaban J connectivity index is 1.50. The number of benzene rings is 1. The molecule has 0 radical (unpaired) electrons. The van der Waals surface area contributed by atoms with E-state index >= 15 is 0 Å². The van der Waals surface area contributed by atoms with E-state index in [1.54, 1.807) is 11.0 Å². The van der Waals surface area contributed by atoms with Crippen LogP contribution >= 0.6 is 11.3 Å². The SMILES string of the molecule is O=C(Cn1cnc2ccsc2c1=O)N1CCO[C@@H](c2ccccc2)C1. The minimum absolute atomic E-state index is 0.00117. The smallest absolute Gasteiger partial charge is 0.271 e. The number of morpholine rings is 1. The number of hydrogen-bond donors (Lipinski definition) is 0. The average Bonchev–Trinajstić information content (AvgIpc) is 3.14. The molecule has 4 rings (SSSR count). The molecule has 1 atom stereocenters. The zero-order valence-corrected chi connectivity index (χ0v) is 14.3. The molecule has 7 heteroatoms. The molecule has 1 saturated heterocycles. The number of amides is 1.